The zero-order valence-corrected chi connectivity index (χ0v) is 11.2. The van der Waals surface area contributed by atoms with Crippen LogP contribution in [0.15, 0.2) is 0 Å². The van der Waals surface area contributed by atoms with Gasteiger partial charge in [0.15, 0.2) is 5.82 Å². The third-order valence-corrected chi connectivity index (χ3v) is 3.69. The van der Waals surface area contributed by atoms with Gasteiger partial charge in [0.2, 0.25) is 0 Å². The summed E-state index contributed by atoms with van der Waals surface area (Å²) in [5, 5.41) is 27.5. The quantitative estimate of drug-likeness (QED) is 0.616. The van der Waals surface area contributed by atoms with Crippen LogP contribution in [0.3, 0.4) is 0 Å². The lowest BCUT2D eigenvalue weighted by atomic mass is 9.77. The molecule has 4 N–H and O–H groups in total. The van der Waals surface area contributed by atoms with Crippen LogP contribution in [0.2, 0.25) is 0 Å². The van der Waals surface area contributed by atoms with E-state index < -0.39 is 17.5 Å². The van der Waals surface area contributed by atoms with E-state index in [9.17, 15) is 14.7 Å². The molecule has 0 aliphatic heterocycles. The lowest BCUT2D eigenvalue weighted by Crippen LogP contribution is -2.58. The number of carboxylic acid groups (broad SMARTS) is 1. The second-order valence-corrected chi connectivity index (χ2v) is 5.21. The van der Waals surface area contributed by atoms with Crippen molar-refractivity contribution < 1.29 is 14.7 Å². The van der Waals surface area contributed by atoms with Gasteiger partial charge in [0.1, 0.15) is 5.54 Å². The number of amides is 2. The van der Waals surface area contributed by atoms with Crippen molar-refractivity contribution in [2.75, 3.05) is 0 Å². The summed E-state index contributed by atoms with van der Waals surface area (Å²) >= 11 is 0. The molecule has 9 nitrogen and oxygen atoms in total. The summed E-state index contributed by atoms with van der Waals surface area (Å²) in [6, 6.07) is -0.535. The van der Waals surface area contributed by atoms with E-state index in [2.05, 4.69) is 38.2 Å². The van der Waals surface area contributed by atoms with Gasteiger partial charge in [0, 0.05) is 0 Å². The summed E-state index contributed by atoms with van der Waals surface area (Å²) in [6.07, 6.45) is 2.47. The van der Waals surface area contributed by atoms with Crippen LogP contribution in [0.1, 0.15) is 38.4 Å². The van der Waals surface area contributed by atoms with Crippen molar-refractivity contribution in [3.63, 3.8) is 0 Å². The normalized spacial score (nSPS) is 25.9. The fourth-order valence-electron chi connectivity index (χ4n) is 2.33. The van der Waals surface area contributed by atoms with E-state index in [1.807, 2.05) is 0 Å². The Hall–Kier alpha value is -2.19. The summed E-state index contributed by atoms with van der Waals surface area (Å²) in [4.78, 5) is 23.3. The molecule has 0 aromatic carbocycles. The van der Waals surface area contributed by atoms with Gasteiger partial charge in [-0.15, -0.1) is 10.2 Å². The van der Waals surface area contributed by atoms with Crippen LogP contribution in [0.5, 0.6) is 0 Å². The van der Waals surface area contributed by atoms with E-state index in [4.69, 9.17) is 0 Å². The number of tetrazole rings is 1. The van der Waals surface area contributed by atoms with Crippen LogP contribution in [0.4, 0.5) is 4.79 Å². The first-order valence-electron chi connectivity index (χ1n) is 6.53. The lowest BCUT2D eigenvalue weighted by molar-refractivity contribution is -0.146. The van der Waals surface area contributed by atoms with Crippen molar-refractivity contribution >= 4 is 12.0 Å². The average molecular weight is 282 g/mol. The van der Waals surface area contributed by atoms with Crippen molar-refractivity contribution in [3.05, 3.63) is 5.82 Å². The third kappa shape index (κ3) is 3.22. The number of nitrogens with one attached hydrogen (secondary N) is 3. The molecule has 2 rings (SSSR count). The third-order valence-electron chi connectivity index (χ3n) is 3.69. The number of H-pyrrole nitrogens is 1. The molecule has 0 unspecified atom stereocenters. The average Bonchev–Trinajstić information content (AvgIpc) is 2.92. The fourth-order valence-corrected chi connectivity index (χ4v) is 2.33. The van der Waals surface area contributed by atoms with Crippen molar-refractivity contribution in [2.24, 2.45) is 5.92 Å². The van der Waals surface area contributed by atoms with Gasteiger partial charge in [-0.2, -0.15) is 5.21 Å². The van der Waals surface area contributed by atoms with Crippen molar-refractivity contribution in [1.82, 2.24) is 31.3 Å². The van der Waals surface area contributed by atoms with Gasteiger partial charge in [-0.25, -0.2) is 9.59 Å². The zero-order chi connectivity index (χ0) is 14.6. The van der Waals surface area contributed by atoms with E-state index in [-0.39, 0.29) is 6.54 Å². The maximum absolute atomic E-state index is 11.8. The molecule has 0 spiro atoms. The van der Waals surface area contributed by atoms with Gasteiger partial charge in [-0.3, -0.25) is 0 Å². The van der Waals surface area contributed by atoms with Crippen molar-refractivity contribution in [2.45, 2.75) is 44.7 Å². The number of rotatable bonds is 4. The minimum atomic E-state index is -1.17. The maximum atomic E-state index is 11.8. The number of aliphatic carboxylic acids is 1. The highest BCUT2D eigenvalue weighted by Crippen LogP contribution is 2.32. The molecule has 1 heterocycles. The monoisotopic (exact) mass is 282 g/mol. The molecule has 2 amide bonds. The second kappa shape index (κ2) is 5.85. The predicted octanol–water partition coefficient (Wildman–Crippen LogP) is 0.0324. The van der Waals surface area contributed by atoms with E-state index in [0.29, 0.717) is 24.6 Å². The molecule has 110 valence electrons. The minimum absolute atomic E-state index is 0.0917. The Kier molecular flexibility index (Phi) is 4.16. The van der Waals surface area contributed by atoms with Crippen molar-refractivity contribution in [3.8, 4) is 0 Å². The van der Waals surface area contributed by atoms with Crippen LogP contribution in [0.25, 0.3) is 0 Å². The molecule has 1 fully saturated rings. The molecule has 0 saturated heterocycles. The second-order valence-electron chi connectivity index (χ2n) is 5.21. The molecule has 1 aliphatic rings. The molecule has 20 heavy (non-hydrogen) atoms. The molecule has 1 aliphatic carbocycles. The first-order chi connectivity index (χ1) is 9.52. The van der Waals surface area contributed by atoms with Gasteiger partial charge in [-0.1, -0.05) is 12.1 Å². The van der Waals surface area contributed by atoms with E-state index >= 15 is 0 Å². The van der Waals surface area contributed by atoms with Crippen LogP contribution < -0.4 is 10.6 Å². The number of nitrogens with zero attached hydrogens (tertiary/aromatic N) is 3. The Morgan fingerprint density at radius 1 is 1.45 bits per heavy atom. The number of hydrogen-bond acceptors (Lipinski definition) is 5. The number of carbonyl (C=O) groups excluding carboxylic acids is 1. The Balaban J connectivity index is 1.91. The Bertz CT molecular complexity index is 467. The van der Waals surface area contributed by atoms with Crippen LogP contribution in [0, 0.1) is 5.92 Å². The molecule has 0 radical (unpaired) electrons. The highest BCUT2D eigenvalue weighted by atomic mass is 16.4. The molecule has 1 aromatic rings. The van der Waals surface area contributed by atoms with Gasteiger partial charge in [0.25, 0.3) is 0 Å². The number of carboxylic acids is 1. The van der Waals surface area contributed by atoms with Crippen LogP contribution in [-0.2, 0) is 11.3 Å². The van der Waals surface area contributed by atoms with Crippen molar-refractivity contribution in [1.29, 1.82) is 0 Å². The predicted molar refractivity (Wildman–Crippen MR) is 67.5 cm³/mol. The minimum Gasteiger partial charge on any atom is -0.480 e. The van der Waals surface area contributed by atoms with Gasteiger partial charge >= 0.3 is 12.0 Å². The molecular formula is C11H18N6O3. The summed E-state index contributed by atoms with van der Waals surface area (Å²) in [6.45, 7) is 2.18. The van der Waals surface area contributed by atoms with Crippen LogP contribution >= 0.6 is 0 Å². The molecule has 0 bridgehead atoms. The SMILES string of the molecule is CC1CCC(NC(=O)NCc2nn[nH]n2)(C(=O)O)CC1. The first-order valence-corrected chi connectivity index (χ1v) is 6.53. The summed E-state index contributed by atoms with van der Waals surface area (Å²) in [5.41, 5.74) is -1.17. The molecule has 1 aromatic heterocycles. The lowest BCUT2D eigenvalue weighted by Gasteiger charge is -2.36. The van der Waals surface area contributed by atoms with Gasteiger partial charge < -0.3 is 15.7 Å². The number of aromatic nitrogens is 4. The number of carbonyl (C=O) groups is 2. The maximum Gasteiger partial charge on any atom is 0.329 e. The smallest absolute Gasteiger partial charge is 0.329 e. The van der Waals surface area contributed by atoms with E-state index in [1.165, 1.54) is 0 Å². The number of aromatic amines is 1. The molecule has 1 saturated carbocycles. The summed E-state index contributed by atoms with van der Waals surface area (Å²) < 4.78 is 0. The Labute approximate surface area is 115 Å². The van der Waals surface area contributed by atoms with Gasteiger partial charge in [0.05, 0.1) is 6.54 Å². The fraction of sp³-hybridized carbons (Fsp3) is 0.727. The Morgan fingerprint density at radius 3 is 2.70 bits per heavy atom. The Morgan fingerprint density at radius 2 is 2.15 bits per heavy atom. The number of hydrogen-bond donors (Lipinski definition) is 4. The highest BCUT2D eigenvalue weighted by molar-refractivity contribution is 5.86. The van der Waals surface area contributed by atoms with Gasteiger partial charge in [-0.05, 0) is 31.6 Å². The topological polar surface area (TPSA) is 133 Å². The standard InChI is InChI=1S/C11H18N6O3/c1-7-2-4-11(5-3-7,9(18)19)13-10(20)12-6-8-14-16-17-15-8/h7H,2-6H2,1H3,(H,18,19)(H2,12,13,20)(H,14,15,16,17). The number of urea groups is 1. The summed E-state index contributed by atoms with van der Waals surface area (Å²) in [5.74, 6) is -0.160. The first kappa shape index (κ1) is 14.2. The zero-order valence-electron chi connectivity index (χ0n) is 11.2. The summed E-state index contributed by atoms with van der Waals surface area (Å²) in [7, 11) is 0. The highest BCUT2D eigenvalue weighted by Gasteiger charge is 2.42. The molecule has 9 heteroatoms. The van der Waals surface area contributed by atoms with E-state index in [1.54, 1.807) is 0 Å². The van der Waals surface area contributed by atoms with E-state index in [0.717, 1.165) is 12.8 Å². The molecule has 0 atom stereocenters. The largest absolute Gasteiger partial charge is 0.480 e. The molecular weight excluding hydrogens is 264 g/mol. The van der Waals surface area contributed by atoms with Crippen LogP contribution in [-0.4, -0.2) is 43.3 Å².